The maximum Gasteiger partial charge on any atom is 0.335 e. The minimum atomic E-state index is -0.909. The Labute approximate surface area is 186 Å². The standard InChI is InChI=1S/C27H35NO3/c1-7-15-31-21-16-23-25(22(18(3)4)13-14-27(23,5)6)24(17-21)28(8-2)20-11-9-19(10-12-20)26(29)30/h9-13,16-18H,7-8,14-15H2,1-6H3,(H,29,30). The van der Waals surface area contributed by atoms with Gasteiger partial charge in [0.05, 0.1) is 17.9 Å². The molecule has 0 fully saturated rings. The highest BCUT2D eigenvalue weighted by Crippen LogP contribution is 2.48. The molecule has 1 N–H and O–H groups in total. The summed E-state index contributed by atoms with van der Waals surface area (Å²) in [4.78, 5) is 13.6. The lowest BCUT2D eigenvalue weighted by Crippen LogP contribution is -2.26. The molecule has 0 radical (unpaired) electrons. The van der Waals surface area contributed by atoms with Crippen LogP contribution in [0.4, 0.5) is 11.4 Å². The molecule has 3 rings (SSSR count). The molecule has 0 aromatic heterocycles. The topological polar surface area (TPSA) is 49.8 Å². The van der Waals surface area contributed by atoms with Crippen molar-refractivity contribution in [3.63, 3.8) is 0 Å². The summed E-state index contributed by atoms with van der Waals surface area (Å²) in [6.45, 7) is 14.8. The summed E-state index contributed by atoms with van der Waals surface area (Å²) in [7, 11) is 0. The Morgan fingerprint density at radius 2 is 1.84 bits per heavy atom. The van der Waals surface area contributed by atoms with E-state index in [-0.39, 0.29) is 5.41 Å². The Hall–Kier alpha value is -2.75. The molecule has 1 aliphatic carbocycles. The fourth-order valence-electron chi connectivity index (χ4n) is 4.33. The maximum absolute atomic E-state index is 11.3. The number of nitrogens with zero attached hydrogens (tertiary/aromatic N) is 1. The van der Waals surface area contributed by atoms with E-state index in [1.54, 1.807) is 12.1 Å². The number of carboxylic acid groups (broad SMARTS) is 1. The molecule has 0 unspecified atom stereocenters. The summed E-state index contributed by atoms with van der Waals surface area (Å²) in [5.74, 6) is 0.395. The van der Waals surface area contributed by atoms with Crippen molar-refractivity contribution in [1.29, 1.82) is 0 Å². The lowest BCUT2D eigenvalue weighted by atomic mass is 9.70. The Bertz CT molecular complexity index is 971. The molecule has 0 saturated heterocycles. The van der Waals surface area contributed by atoms with Crippen molar-refractivity contribution < 1.29 is 14.6 Å². The van der Waals surface area contributed by atoms with Crippen molar-refractivity contribution in [2.45, 2.75) is 59.8 Å². The molecule has 0 heterocycles. The number of aromatic carboxylic acids is 1. The van der Waals surface area contributed by atoms with Crippen molar-refractivity contribution in [2.24, 2.45) is 5.92 Å². The Kier molecular flexibility index (Phi) is 6.78. The number of carboxylic acids is 1. The molecule has 166 valence electrons. The molecule has 0 atom stereocenters. The smallest absolute Gasteiger partial charge is 0.335 e. The minimum absolute atomic E-state index is 0.0145. The highest BCUT2D eigenvalue weighted by atomic mass is 16.5. The molecular formula is C27H35NO3. The number of carbonyl (C=O) groups is 1. The zero-order valence-corrected chi connectivity index (χ0v) is 19.7. The van der Waals surface area contributed by atoms with E-state index in [4.69, 9.17) is 4.74 Å². The van der Waals surface area contributed by atoms with Crippen LogP contribution in [0.25, 0.3) is 5.57 Å². The fourth-order valence-corrected chi connectivity index (χ4v) is 4.33. The number of allylic oxidation sites excluding steroid dienone is 2. The van der Waals surface area contributed by atoms with E-state index in [2.05, 4.69) is 64.7 Å². The van der Waals surface area contributed by atoms with Crippen LogP contribution in [0.1, 0.15) is 75.9 Å². The van der Waals surface area contributed by atoms with Crippen molar-refractivity contribution in [1.82, 2.24) is 0 Å². The Morgan fingerprint density at radius 1 is 1.16 bits per heavy atom. The lowest BCUT2D eigenvalue weighted by Gasteiger charge is -2.38. The Balaban J connectivity index is 2.23. The molecule has 0 aliphatic heterocycles. The number of anilines is 2. The van der Waals surface area contributed by atoms with Gasteiger partial charge < -0.3 is 14.7 Å². The Morgan fingerprint density at radius 3 is 2.39 bits per heavy atom. The van der Waals surface area contributed by atoms with Crippen molar-refractivity contribution >= 4 is 22.9 Å². The molecule has 4 heteroatoms. The monoisotopic (exact) mass is 421 g/mol. The second-order valence-corrected chi connectivity index (χ2v) is 9.21. The highest BCUT2D eigenvalue weighted by Gasteiger charge is 2.33. The first-order valence-corrected chi connectivity index (χ1v) is 11.3. The second-order valence-electron chi connectivity index (χ2n) is 9.21. The largest absolute Gasteiger partial charge is 0.494 e. The SMILES string of the molecule is CCCOc1cc(N(CC)c2ccc(C(=O)O)cc2)c2c(c1)C(C)(C)CC=C2C(C)C. The van der Waals surface area contributed by atoms with Crippen LogP contribution >= 0.6 is 0 Å². The van der Waals surface area contributed by atoms with Gasteiger partial charge in [-0.05, 0) is 72.6 Å². The van der Waals surface area contributed by atoms with Gasteiger partial charge in [-0.2, -0.15) is 0 Å². The third kappa shape index (κ3) is 4.63. The molecular weight excluding hydrogens is 386 g/mol. The predicted octanol–water partition coefficient (Wildman–Crippen LogP) is 7.05. The van der Waals surface area contributed by atoms with Crippen LogP contribution in [0.15, 0.2) is 42.5 Å². The zero-order valence-electron chi connectivity index (χ0n) is 19.7. The van der Waals surface area contributed by atoms with E-state index in [1.807, 2.05) is 12.1 Å². The first kappa shape index (κ1) is 22.9. The van der Waals surface area contributed by atoms with Gasteiger partial charge in [-0.15, -0.1) is 0 Å². The van der Waals surface area contributed by atoms with E-state index in [1.165, 1.54) is 16.7 Å². The van der Waals surface area contributed by atoms with E-state index in [9.17, 15) is 9.90 Å². The van der Waals surface area contributed by atoms with Crippen LogP contribution in [0.3, 0.4) is 0 Å². The predicted molar refractivity (Wildman–Crippen MR) is 129 cm³/mol. The van der Waals surface area contributed by atoms with Crippen molar-refractivity contribution in [3.8, 4) is 5.75 Å². The lowest BCUT2D eigenvalue weighted by molar-refractivity contribution is 0.0697. The quantitative estimate of drug-likeness (QED) is 0.496. The van der Waals surface area contributed by atoms with Gasteiger partial charge in [0.2, 0.25) is 0 Å². The van der Waals surface area contributed by atoms with Gasteiger partial charge in [0.15, 0.2) is 0 Å². The van der Waals surface area contributed by atoms with Crippen LogP contribution in [-0.4, -0.2) is 24.2 Å². The van der Waals surface area contributed by atoms with Gasteiger partial charge in [-0.1, -0.05) is 40.7 Å². The number of fused-ring (bicyclic) bond motifs is 1. The summed E-state index contributed by atoms with van der Waals surface area (Å²) >= 11 is 0. The molecule has 31 heavy (non-hydrogen) atoms. The van der Waals surface area contributed by atoms with E-state index in [0.29, 0.717) is 18.1 Å². The number of hydrogen-bond donors (Lipinski definition) is 1. The number of ether oxygens (including phenoxy) is 1. The summed E-state index contributed by atoms with van der Waals surface area (Å²) in [5, 5.41) is 9.28. The third-order valence-electron chi connectivity index (χ3n) is 6.07. The average molecular weight is 422 g/mol. The zero-order chi connectivity index (χ0) is 22.8. The van der Waals surface area contributed by atoms with Gasteiger partial charge in [0.25, 0.3) is 0 Å². The molecule has 2 aromatic rings. The molecule has 0 saturated carbocycles. The summed E-state index contributed by atoms with van der Waals surface area (Å²) in [6, 6.07) is 11.5. The van der Waals surface area contributed by atoms with Gasteiger partial charge in [-0.3, -0.25) is 0 Å². The third-order valence-corrected chi connectivity index (χ3v) is 6.07. The van der Waals surface area contributed by atoms with Crippen LogP contribution in [0.2, 0.25) is 0 Å². The molecule has 0 bridgehead atoms. The van der Waals surface area contributed by atoms with Gasteiger partial charge in [0, 0.05) is 23.9 Å². The molecule has 0 spiro atoms. The van der Waals surface area contributed by atoms with Crippen LogP contribution in [-0.2, 0) is 5.41 Å². The maximum atomic E-state index is 11.3. The summed E-state index contributed by atoms with van der Waals surface area (Å²) < 4.78 is 6.11. The first-order chi connectivity index (χ1) is 14.7. The van der Waals surface area contributed by atoms with Gasteiger partial charge in [-0.25, -0.2) is 4.79 Å². The summed E-state index contributed by atoms with van der Waals surface area (Å²) in [5.41, 5.74) is 6.40. The first-order valence-electron chi connectivity index (χ1n) is 11.3. The van der Waals surface area contributed by atoms with Crippen molar-refractivity contribution in [3.05, 3.63) is 59.2 Å². The van der Waals surface area contributed by atoms with E-state index in [0.717, 1.165) is 36.5 Å². The van der Waals surface area contributed by atoms with Gasteiger partial charge >= 0.3 is 5.97 Å². The normalized spacial score (nSPS) is 14.7. The number of rotatable bonds is 8. The van der Waals surface area contributed by atoms with Crippen molar-refractivity contribution in [2.75, 3.05) is 18.1 Å². The molecule has 4 nitrogen and oxygen atoms in total. The second kappa shape index (κ2) is 9.17. The van der Waals surface area contributed by atoms with Gasteiger partial charge in [0.1, 0.15) is 5.75 Å². The molecule has 1 aliphatic rings. The minimum Gasteiger partial charge on any atom is -0.494 e. The van der Waals surface area contributed by atoms with Crippen LogP contribution < -0.4 is 9.64 Å². The fraction of sp³-hybridized carbons (Fsp3) is 0.444. The van der Waals surface area contributed by atoms with Crippen LogP contribution in [0, 0.1) is 5.92 Å². The molecule has 2 aromatic carbocycles. The highest BCUT2D eigenvalue weighted by molar-refractivity contribution is 5.89. The number of hydrogen-bond acceptors (Lipinski definition) is 3. The van der Waals surface area contributed by atoms with E-state index < -0.39 is 5.97 Å². The van der Waals surface area contributed by atoms with Crippen LogP contribution in [0.5, 0.6) is 5.75 Å². The number of benzene rings is 2. The summed E-state index contributed by atoms with van der Waals surface area (Å²) in [6.07, 6.45) is 4.36. The molecule has 0 amide bonds. The average Bonchev–Trinajstić information content (AvgIpc) is 2.73. The van der Waals surface area contributed by atoms with E-state index >= 15 is 0 Å².